The van der Waals surface area contributed by atoms with Gasteiger partial charge < -0.3 is 0 Å². The van der Waals surface area contributed by atoms with Crippen molar-refractivity contribution >= 4 is 46.6 Å². The van der Waals surface area contributed by atoms with E-state index in [0.29, 0.717) is 38.6 Å². The summed E-state index contributed by atoms with van der Waals surface area (Å²) in [6.07, 6.45) is 3.34. The van der Waals surface area contributed by atoms with Gasteiger partial charge in [0.15, 0.2) is 5.69 Å². The SMILES string of the molecule is CCCCC(CC)C(=O)NC(=O)c1nc(-c2ccc(Cl)cc2Cl)n(-c2ccc(Cl)cc2)c1C. The number of carbonyl (C=O) groups excluding carboxylic acids is 2. The number of hydrogen-bond acceptors (Lipinski definition) is 3. The molecule has 0 aliphatic rings. The van der Waals surface area contributed by atoms with Crippen LogP contribution in [0.15, 0.2) is 42.5 Å². The lowest BCUT2D eigenvalue weighted by Crippen LogP contribution is -2.36. The first-order valence-electron chi connectivity index (χ1n) is 10.9. The average molecular weight is 507 g/mol. The van der Waals surface area contributed by atoms with Gasteiger partial charge in [-0.3, -0.25) is 19.5 Å². The molecule has 5 nitrogen and oxygen atoms in total. The number of amides is 2. The highest BCUT2D eigenvalue weighted by molar-refractivity contribution is 6.36. The van der Waals surface area contributed by atoms with Crippen molar-refractivity contribution in [2.45, 2.75) is 46.5 Å². The summed E-state index contributed by atoms with van der Waals surface area (Å²) in [4.78, 5) is 30.4. The van der Waals surface area contributed by atoms with Gasteiger partial charge in [-0.25, -0.2) is 4.98 Å². The van der Waals surface area contributed by atoms with E-state index in [1.54, 1.807) is 37.3 Å². The second-order valence-electron chi connectivity index (χ2n) is 7.87. The fourth-order valence-corrected chi connectivity index (χ4v) is 4.34. The van der Waals surface area contributed by atoms with Gasteiger partial charge in [0.05, 0.1) is 10.7 Å². The minimum atomic E-state index is -0.536. The number of imide groups is 1. The van der Waals surface area contributed by atoms with Gasteiger partial charge in [0.2, 0.25) is 5.91 Å². The average Bonchev–Trinajstić information content (AvgIpc) is 3.11. The first kappa shape index (κ1) is 25.3. The molecular formula is C25H26Cl3N3O2. The number of aromatic nitrogens is 2. The van der Waals surface area contributed by atoms with Crippen LogP contribution >= 0.6 is 34.8 Å². The number of nitrogens with zero attached hydrogens (tertiary/aromatic N) is 2. The van der Waals surface area contributed by atoms with Crippen molar-refractivity contribution in [1.82, 2.24) is 14.9 Å². The highest BCUT2D eigenvalue weighted by Gasteiger charge is 2.26. The molecule has 2 amide bonds. The number of unbranched alkanes of at least 4 members (excludes halogenated alkanes) is 1. The van der Waals surface area contributed by atoms with E-state index in [-0.39, 0.29) is 17.5 Å². The minimum absolute atomic E-state index is 0.157. The molecule has 0 spiro atoms. The van der Waals surface area contributed by atoms with Gasteiger partial charge in [0, 0.05) is 27.2 Å². The van der Waals surface area contributed by atoms with Gasteiger partial charge in [-0.2, -0.15) is 0 Å². The van der Waals surface area contributed by atoms with E-state index in [4.69, 9.17) is 34.8 Å². The van der Waals surface area contributed by atoms with E-state index >= 15 is 0 Å². The topological polar surface area (TPSA) is 64.0 Å². The summed E-state index contributed by atoms with van der Waals surface area (Å²) < 4.78 is 1.82. The number of benzene rings is 2. The van der Waals surface area contributed by atoms with E-state index < -0.39 is 5.91 Å². The minimum Gasteiger partial charge on any atom is -0.296 e. The molecule has 174 valence electrons. The van der Waals surface area contributed by atoms with Crippen LogP contribution in [-0.4, -0.2) is 21.4 Å². The van der Waals surface area contributed by atoms with Gasteiger partial charge in [-0.05, 0) is 62.2 Å². The third-order valence-electron chi connectivity index (χ3n) is 5.59. The Morgan fingerprint density at radius 1 is 1.03 bits per heavy atom. The summed E-state index contributed by atoms with van der Waals surface area (Å²) in [7, 11) is 0. The Kier molecular flexibility index (Phi) is 8.57. The Morgan fingerprint density at radius 2 is 1.70 bits per heavy atom. The third-order valence-corrected chi connectivity index (χ3v) is 6.39. The molecular weight excluding hydrogens is 481 g/mol. The van der Waals surface area contributed by atoms with Crippen molar-refractivity contribution in [3.05, 3.63) is 68.9 Å². The van der Waals surface area contributed by atoms with Crippen LogP contribution < -0.4 is 5.32 Å². The molecule has 1 heterocycles. The molecule has 0 aliphatic carbocycles. The standard InChI is InChI=1S/C25H26Cl3N3O2/c1-4-6-7-16(5-2)24(32)30-25(33)22-15(3)31(19-11-8-17(26)9-12-19)23(29-22)20-13-10-18(27)14-21(20)28/h8-14,16H,4-7H2,1-3H3,(H,30,32,33). The van der Waals surface area contributed by atoms with Gasteiger partial charge in [-0.1, -0.05) is 61.5 Å². The van der Waals surface area contributed by atoms with E-state index in [1.165, 1.54) is 0 Å². The van der Waals surface area contributed by atoms with Gasteiger partial charge in [0.1, 0.15) is 5.82 Å². The van der Waals surface area contributed by atoms with Gasteiger partial charge in [-0.15, -0.1) is 0 Å². The molecule has 1 atom stereocenters. The molecule has 0 radical (unpaired) electrons. The molecule has 33 heavy (non-hydrogen) atoms. The normalized spacial score (nSPS) is 11.9. The first-order valence-corrected chi connectivity index (χ1v) is 12.1. The fraction of sp³-hybridized carbons (Fsp3) is 0.320. The lowest BCUT2D eigenvalue weighted by molar-refractivity contribution is -0.124. The first-order chi connectivity index (χ1) is 15.8. The van der Waals surface area contributed by atoms with Crippen LogP contribution in [0.5, 0.6) is 0 Å². The number of carbonyl (C=O) groups is 2. The molecule has 8 heteroatoms. The summed E-state index contributed by atoms with van der Waals surface area (Å²) in [5.41, 5.74) is 2.10. The predicted molar refractivity (Wildman–Crippen MR) is 135 cm³/mol. The summed E-state index contributed by atoms with van der Waals surface area (Å²) in [6.45, 7) is 5.81. The zero-order valence-electron chi connectivity index (χ0n) is 18.8. The molecule has 0 bridgehead atoms. The summed E-state index contributed by atoms with van der Waals surface area (Å²) in [5, 5.41) is 4.02. The Morgan fingerprint density at radius 3 is 2.30 bits per heavy atom. The summed E-state index contributed by atoms with van der Waals surface area (Å²) >= 11 is 18.6. The van der Waals surface area contributed by atoms with Crippen LogP contribution in [0.1, 0.15) is 55.7 Å². The van der Waals surface area contributed by atoms with Crippen molar-refractivity contribution < 1.29 is 9.59 Å². The Balaban J connectivity index is 2.05. The van der Waals surface area contributed by atoms with Crippen LogP contribution in [0.2, 0.25) is 15.1 Å². The summed E-state index contributed by atoms with van der Waals surface area (Å²) in [5.74, 6) is -0.557. The van der Waals surface area contributed by atoms with Crippen LogP contribution in [0.3, 0.4) is 0 Å². The van der Waals surface area contributed by atoms with Gasteiger partial charge >= 0.3 is 0 Å². The van der Waals surface area contributed by atoms with Crippen LogP contribution in [0.4, 0.5) is 0 Å². The quantitative estimate of drug-likeness (QED) is 0.349. The van der Waals surface area contributed by atoms with Crippen molar-refractivity contribution in [1.29, 1.82) is 0 Å². The van der Waals surface area contributed by atoms with E-state index in [9.17, 15) is 9.59 Å². The second-order valence-corrected chi connectivity index (χ2v) is 9.15. The highest BCUT2D eigenvalue weighted by atomic mass is 35.5. The molecule has 0 saturated heterocycles. The Hall–Kier alpha value is -2.34. The molecule has 2 aromatic carbocycles. The fourth-order valence-electron chi connectivity index (χ4n) is 3.72. The van der Waals surface area contributed by atoms with E-state index in [1.807, 2.05) is 23.6 Å². The largest absolute Gasteiger partial charge is 0.296 e. The maximum atomic E-state index is 13.1. The van der Waals surface area contributed by atoms with Crippen molar-refractivity contribution in [3.8, 4) is 17.1 Å². The molecule has 1 N–H and O–H groups in total. The number of rotatable bonds is 8. The maximum absolute atomic E-state index is 13.1. The molecule has 0 fully saturated rings. The number of hydrogen-bond donors (Lipinski definition) is 1. The highest BCUT2D eigenvalue weighted by Crippen LogP contribution is 2.33. The zero-order chi connectivity index (χ0) is 24.1. The predicted octanol–water partition coefficient (Wildman–Crippen LogP) is 7.28. The molecule has 3 rings (SSSR count). The van der Waals surface area contributed by atoms with Crippen LogP contribution in [0, 0.1) is 12.8 Å². The molecule has 0 aliphatic heterocycles. The smallest absolute Gasteiger partial charge is 0.278 e. The lowest BCUT2D eigenvalue weighted by atomic mass is 9.98. The Labute approximate surface area is 209 Å². The van der Waals surface area contributed by atoms with Crippen LogP contribution in [-0.2, 0) is 4.79 Å². The molecule has 0 saturated carbocycles. The monoisotopic (exact) mass is 505 g/mol. The lowest BCUT2D eigenvalue weighted by Gasteiger charge is -2.13. The molecule has 3 aromatic rings. The molecule has 1 unspecified atom stereocenters. The third kappa shape index (κ3) is 5.78. The second kappa shape index (κ2) is 11.2. The number of nitrogens with one attached hydrogen (secondary N) is 1. The van der Waals surface area contributed by atoms with E-state index in [2.05, 4.69) is 17.2 Å². The number of imidazole rings is 1. The zero-order valence-corrected chi connectivity index (χ0v) is 21.1. The van der Waals surface area contributed by atoms with Crippen LogP contribution in [0.25, 0.3) is 17.1 Å². The van der Waals surface area contributed by atoms with Crippen molar-refractivity contribution in [2.24, 2.45) is 5.92 Å². The number of halogens is 3. The van der Waals surface area contributed by atoms with Gasteiger partial charge in [0.25, 0.3) is 5.91 Å². The Bertz CT molecular complexity index is 1160. The van der Waals surface area contributed by atoms with E-state index in [0.717, 1.165) is 24.9 Å². The summed E-state index contributed by atoms with van der Waals surface area (Å²) in [6, 6.07) is 12.3. The van der Waals surface area contributed by atoms with Crippen molar-refractivity contribution in [2.75, 3.05) is 0 Å². The van der Waals surface area contributed by atoms with Crippen molar-refractivity contribution in [3.63, 3.8) is 0 Å². The molecule has 1 aromatic heterocycles. The maximum Gasteiger partial charge on any atom is 0.278 e.